The Hall–Kier alpha value is -3.83. The predicted molar refractivity (Wildman–Crippen MR) is 135 cm³/mol. The van der Waals surface area contributed by atoms with Gasteiger partial charge in [-0.15, -0.1) is 0 Å². The zero-order chi connectivity index (χ0) is 23.1. The summed E-state index contributed by atoms with van der Waals surface area (Å²) in [6, 6.07) is 24.7. The molecule has 0 radical (unpaired) electrons. The lowest BCUT2D eigenvalue weighted by Crippen LogP contribution is -2.37. The summed E-state index contributed by atoms with van der Waals surface area (Å²) in [6.07, 6.45) is 4.13. The van der Waals surface area contributed by atoms with Gasteiger partial charge < -0.3 is 20.1 Å². The van der Waals surface area contributed by atoms with Crippen molar-refractivity contribution in [1.29, 1.82) is 0 Å². The van der Waals surface area contributed by atoms with Crippen LogP contribution in [0.4, 0.5) is 15.8 Å². The van der Waals surface area contributed by atoms with Crippen LogP contribution >= 0.6 is 0 Å². The van der Waals surface area contributed by atoms with Gasteiger partial charge in [0.2, 0.25) is 0 Å². The average molecular weight is 453 g/mol. The van der Waals surface area contributed by atoms with Crippen molar-refractivity contribution in [3.05, 3.63) is 107 Å². The van der Waals surface area contributed by atoms with Gasteiger partial charge >= 0.3 is 0 Å². The molecule has 0 spiro atoms. The maximum absolute atomic E-state index is 14.4. The Kier molecular flexibility index (Phi) is 5.00. The second kappa shape index (κ2) is 8.19. The van der Waals surface area contributed by atoms with Crippen LogP contribution in [0, 0.1) is 5.82 Å². The van der Waals surface area contributed by atoms with E-state index in [0.717, 1.165) is 46.6 Å². The summed E-state index contributed by atoms with van der Waals surface area (Å²) in [5.74, 6) is 0.464. The van der Waals surface area contributed by atoms with E-state index >= 15 is 0 Å². The van der Waals surface area contributed by atoms with Crippen LogP contribution in [0.25, 0.3) is 16.8 Å². The molecule has 34 heavy (non-hydrogen) atoms. The molecule has 4 aromatic carbocycles. The number of fused-ring (bicyclic) bond motifs is 3. The monoisotopic (exact) mass is 452 g/mol. The molecule has 4 aromatic rings. The summed E-state index contributed by atoms with van der Waals surface area (Å²) in [5.41, 5.74) is 9.41. The quantitative estimate of drug-likeness (QED) is 0.402. The number of hydrogen-bond acceptors (Lipinski definition) is 4. The molecule has 1 saturated heterocycles. The summed E-state index contributed by atoms with van der Waals surface area (Å²) in [4.78, 5) is 2.35. The van der Waals surface area contributed by atoms with Crippen LogP contribution in [0.15, 0.2) is 84.9 Å². The number of rotatable bonds is 3. The molecular weight excluding hydrogens is 427 g/mol. The molecule has 0 saturated carbocycles. The highest BCUT2D eigenvalue weighted by Gasteiger charge is 2.38. The second-order valence-corrected chi connectivity index (χ2v) is 8.76. The fraction of sp³-hybridized carbons (Fsp3) is 0.172. The molecule has 1 unspecified atom stereocenters. The normalized spacial score (nSPS) is 19.6. The standard InChI is InChI=1S/C29H25FN2O2/c30-22-5-3-4-21(18-22)29(20-8-10-23(31)11-9-20)13-12-26-24-6-1-2-7-25(24)27(19-28(26)34-29)32-14-16-33-17-15-32/h1-13,18-19H,14-17,31H2. The number of morpholine rings is 1. The molecule has 4 nitrogen and oxygen atoms in total. The minimum atomic E-state index is -0.979. The van der Waals surface area contributed by atoms with E-state index in [-0.39, 0.29) is 5.82 Å². The van der Waals surface area contributed by atoms with E-state index in [1.54, 1.807) is 6.07 Å². The van der Waals surface area contributed by atoms with E-state index in [1.165, 1.54) is 17.5 Å². The number of anilines is 2. The van der Waals surface area contributed by atoms with Crippen LogP contribution in [0.5, 0.6) is 5.75 Å². The van der Waals surface area contributed by atoms with Gasteiger partial charge in [-0.1, -0.05) is 48.5 Å². The highest BCUT2D eigenvalue weighted by atomic mass is 19.1. The topological polar surface area (TPSA) is 47.7 Å². The molecule has 1 atom stereocenters. The average Bonchev–Trinajstić information content (AvgIpc) is 2.89. The van der Waals surface area contributed by atoms with Crippen LogP contribution in [-0.4, -0.2) is 26.3 Å². The molecular formula is C29H25FN2O2. The Bertz CT molecular complexity index is 1390. The van der Waals surface area contributed by atoms with Gasteiger partial charge in [-0.2, -0.15) is 0 Å². The van der Waals surface area contributed by atoms with Crippen molar-refractivity contribution in [2.24, 2.45) is 0 Å². The van der Waals surface area contributed by atoms with Gasteiger partial charge in [0.15, 0.2) is 5.60 Å². The zero-order valence-corrected chi connectivity index (χ0v) is 18.7. The molecule has 0 bridgehead atoms. The van der Waals surface area contributed by atoms with Gasteiger partial charge in [0, 0.05) is 52.6 Å². The number of nitrogens with two attached hydrogens (primary N) is 1. The van der Waals surface area contributed by atoms with E-state index in [4.69, 9.17) is 15.2 Å². The van der Waals surface area contributed by atoms with Crippen molar-refractivity contribution < 1.29 is 13.9 Å². The first kappa shape index (κ1) is 20.8. The van der Waals surface area contributed by atoms with E-state index in [2.05, 4.69) is 35.2 Å². The lowest BCUT2D eigenvalue weighted by molar-refractivity contribution is 0.122. The maximum atomic E-state index is 14.4. The van der Waals surface area contributed by atoms with Gasteiger partial charge in [0.1, 0.15) is 11.6 Å². The van der Waals surface area contributed by atoms with Gasteiger partial charge in [-0.25, -0.2) is 4.39 Å². The van der Waals surface area contributed by atoms with Crippen LogP contribution in [-0.2, 0) is 10.3 Å². The number of nitrogens with zero attached hydrogens (tertiary/aromatic N) is 1. The molecule has 1 fully saturated rings. The first-order valence-corrected chi connectivity index (χ1v) is 11.5. The molecule has 170 valence electrons. The smallest absolute Gasteiger partial charge is 0.178 e. The molecule has 2 aliphatic rings. The Balaban J connectivity index is 1.57. The molecule has 0 amide bonds. The number of hydrogen-bond donors (Lipinski definition) is 1. The van der Waals surface area contributed by atoms with Gasteiger partial charge in [-0.3, -0.25) is 0 Å². The van der Waals surface area contributed by atoms with Crippen molar-refractivity contribution in [3.8, 4) is 5.75 Å². The van der Waals surface area contributed by atoms with Crippen molar-refractivity contribution in [3.63, 3.8) is 0 Å². The molecule has 2 aliphatic heterocycles. The first-order valence-electron chi connectivity index (χ1n) is 11.5. The van der Waals surface area contributed by atoms with Crippen molar-refractivity contribution in [1.82, 2.24) is 0 Å². The zero-order valence-electron chi connectivity index (χ0n) is 18.7. The number of ether oxygens (including phenoxy) is 2. The van der Waals surface area contributed by atoms with E-state index in [0.29, 0.717) is 18.9 Å². The Morgan fingerprint density at radius 3 is 2.35 bits per heavy atom. The SMILES string of the molecule is Nc1ccc(C2(c3cccc(F)c3)C=Cc3c(cc(N4CCOCC4)c4ccccc34)O2)cc1. The Morgan fingerprint density at radius 2 is 1.59 bits per heavy atom. The van der Waals surface area contributed by atoms with Crippen molar-refractivity contribution in [2.75, 3.05) is 36.9 Å². The van der Waals surface area contributed by atoms with Crippen LogP contribution in [0.1, 0.15) is 16.7 Å². The molecule has 6 rings (SSSR count). The molecule has 0 aliphatic carbocycles. The second-order valence-electron chi connectivity index (χ2n) is 8.76. The lowest BCUT2D eigenvalue weighted by atomic mass is 9.83. The minimum absolute atomic E-state index is 0.303. The third kappa shape index (κ3) is 3.40. The largest absolute Gasteiger partial charge is 0.473 e. The van der Waals surface area contributed by atoms with Crippen LogP contribution in [0.3, 0.4) is 0 Å². The summed E-state index contributed by atoms with van der Waals surface area (Å²) >= 11 is 0. The minimum Gasteiger partial charge on any atom is -0.473 e. The molecule has 2 heterocycles. The Labute approximate surface area is 198 Å². The van der Waals surface area contributed by atoms with Crippen LogP contribution in [0.2, 0.25) is 0 Å². The van der Waals surface area contributed by atoms with E-state index in [1.807, 2.05) is 42.5 Å². The molecule has 2 N–H and O–H groups in total. The van der Waals surface area contributed by atoms with Gasteiger partial charge in [-0.05, 0) is 41.8 Å². The lowest BCUT2D eigenvalue weighted by Gasteiger charge is -2.38. The number of benzene rings is 4. The highest BCUT2D eigenvalue weighted by molar-refractivity contribution is 6.02. The number of halogens is 1. The maximum Gasteiger partial charge on any atom is 0.178 e. The molecule has 0 aromatic heterocycles. The van der Waals surface area contributed by atoms with E-state index < -0.39 is 5.60 Å². The third-order valence-electron chi connectivity index (χ3n) is 6.73. The summed E-state index contributed by atoms with van der Waals surface area (Å²) < 4.78 is 26.8. The summed E-state index contributed by atoms with van der Waals surface area (Å²) in [5, 5.41) is 2.31. The summed E-state index contributed by atoms with van der Waals surface area (Å²) in [7, 11) is 0. The summed E-state index contributed by atoms with van der Waals surface area (Å²) in [6.45, 7) is 3.05. The first-order chi connectivity index (χ1) is 16.6. The number of nitrogen functional groups attached to an aromatic ring is 1. The highest BCUT2D eigenvalue weighted by Crippen LogP contribution is 2.46. The fourth-order valence-corrected chi connectivity index (χ4v) is 5.01. The molecule has 5 heteroatoms. The third-order valence-corrected chi connectivity index (χ3v) is 6.73. The van der Waals surface area contributed by atoms with Crippen molar-refractivity contribution in [2.45, 2.75) is 5.60 Å². The van der Waals surface area contributed by atoms with Gasteiger partial charge in [0.05, 0.1) is 13.2 Å². The van der Waals surface area contributed by atoms with Crippen LogP contribution < -0.4 is 15.4 Å². The fourth-order valence-electron chi connectivity index (χ4n) is 5.01. The Morgan fingerprint density at radius 1 is 0.824 bits per heavy atom. The van der Waals surface area contributed by atoms with Crippen molar-refractivity contribution >= 4 is 28.2 Å². The van der Waals surface area contributed by atoms with E-state index in [9.17, 15) is 4.39 Å². The van der Waals surface area contributed by atoms with Gasteiger partial charge in [0.25, 0.3) is 0 Å². The predicted octanol–water partition coefficient (Wildman–Crippen LogP) is 5.75.